The third-order valence-corrected chi connectivity index (χ3v) is 5.02. The largest absolute Gasteiger partial charge is 0.416 e. The molecule has 1 saturated heterocycles. The van der Waals surface area contributed by atoms with Crippen molar-refractivity contribution < 1.29 is 22.5 Å². The maximum Gasteiger partial charge on any atom is 0.416 e. The first-order chi connectivity index (χ1) is 13.7. The summed E-state index contributed by atoms with van der Waals surface area (Å²) in [6.07, 6.45) is -4.25. The maximum atomic E-state index is 12.9. The second kappa shape index (κ2) is 7.02. The lowest BCUT2D eigenvalue weighted by Crippen LogP contribution is -2.25. The molecular formula is C21H18F3N3O2. The van der Waals surface area contributed by atoms with Gasteiger partial charge in [0.2, 0.25) is 17.6 Å². The normalized spacial score (nSPS) is 17.2. The highest BCUT2D eigenvalue weighted by molar-refractivity contribution is 5.97. The molecule has 0 N–H and O–H groups in total. The summed E-state index contributed by atoms with van der Waals surface area (Å²) in [6.45, 7) is 4.28. The average molecular weight is 401 g/mol. The van der Waals surface area contributed by atoms with E-state index in [1.165, 1.54) is 12.1 Å². The van der Waals surface area contributed by atoms with Gasteiger partial charge in [-0.05, 0) is 43.2 Å². The van der Waals surface area contributed by atoms with Gasteiger partial charge in [0.25, 0.3) is 0 Å². The van der Waals surface area contributed by atoms with Crippen molar-refractivity contribution in [1.82, 2.24) is 10.1 Å². The van der Waals surface area contributed by atoms with E-state index in [9.17, 15) is 18.0 Å². The number of anilines is 1. The number of carbonyl (C=O) groups is 1. The van der Waals surface area contributed by atoms with Gasteiger partial charge in [0.05, 0.1) is 11.5 Å². The summed E-state index contributed by atoms with van der Waals surface area (Å²) < 4.78 is 44.1. The van der Waals surface area contributed by atoms with E-state index >= 15 is 0 Å². The van der Waals surface area contributed by atoms with Crippen LogP contribution in [0.15, 0.2) is 47.0 Å². The molecule has 5 nitrogen and oxygen atoms in total. The molecule has 0 aliphatic carbocycles. The first-order valence-electron chi connectivity index (χ1n) is 9.11. The molecule has 150 valence electrons. The predicted octanol–water partition coefficient (Wildman–Crippen LogP) is 4.89. The van der Waals surface area contributed by atoms with Crippen LogP contribution < -0.4 is 4.90 Å². The summed E-state index contributed by atoms with van der Waals surface area (Å²) in [7, 11) is 0. The molecule has 1 aliphatic rings. The Morgan fingerprint density at radius 2 is 1.93 bits per heavy atom. The minimum absolute atomic E-state index is 0.0532. The molecule has 2 heterocycles. The Hall–Kier alpha value is -3.16. The van der Waals surface area contributed by atoms with Crippen LogP contribution >= 0.6 is 0 Å². The molecule has 0 spiro atoms. The van der Waals surface area contributed by atoms with Gasteiger partial charge in [-0.1, -0.05) is 29.4 Å². The number of aromatic nitrogens is 2. The Morgan fingerprint density at radius 3 is 2.69 bits per heavy atom. The third kappa shape index (κ3) is 3.74. The average Bonchev–Trinajstić information content (AvgIpc) is 3.30. The first kappa shape index (κ1) is 19.2. The Balaban J connectivity index is 1.58. The predicted molar refractivity (Wildman–Crippen MR) is 100 cm³/mol. The van der Waals surface area contributed by atoms with Crippen LogP contribution in [0.3, 0.4) is 0 Å². The number of rotatable bonds is 3. The molecule has 0 bridgehead atoms. The molecule has 4 rings (SSSR count). The number of alkyl halides is 3. The summed E-state index contributed by atoms with van der Waals surface area (Å²) in [5.41, 5.74) is 2.31. The summed E-state index contributed by atoms with van der Waals surface area (Å²) >= 11 is 0. The zero-order chi connectivity index (χ0) is 20.8. The van der Waals surface area contributed by atoms with Crippen molar-refractivity contribution in [1.29, 1.82) is 0 Å². The number of hydrogen-bond acceptors (Lipinski definition) is 4. The van der Waals surface area contributed by atoms with E-state index in [2.05, 4.69) is 10.1 Å². The number of carbonyl (C=O) groups excluding carboxylic acids is 1. The van der Waals surface area contributed by atoms with Gasteiger partial charge < -0.3 is 9.42 Å². The number of nitrogens with zero attached hydrogens (tertiary/aromatic N) is 3. The number of benzene rings is 2. The third-order valence-electron chi connectivity index (χ3n) is 5.02. The second-order valence-electron chi connectivity index (χ2n) is 7.23. The smallest absolute Gasteiger partial charge is 0.339 e. The quantitative estimate of drug-likeness (QED) is 0.627. The lowest BCUT2D eigenvalue weighted by atomic mass is 10.1. The van der Waals surface area contributed by atoms with E-state index in [1.807, 2.05) is 32.0 Å². The fourth-order valence-corrected chi connectivity index (χ4v) is 3.47. The van der Waals surface area contributed by atoms with Crippen LogP contribution in [0.25, 0.3) is 11.4 Å². The fraction of sp³-hybridized carbons (Fsp3) is 0.286. The lowest BCUT2D eigenvalue weighted by Gasteiger charge is -2.19. The lowest BCUT2D eigenvalue weighted by molar-refractivity contribution is -0.137. The van der Waals surface area contributed by atoms with Crippen LogP contribution in [0.1, 0.15) is 34.9 Å². The Morgan fingerprint density at radius 1 is 1.14 bits per heavy atom. The van der Waals surface area contributed by atoms with Crippen molar-refractivity contribution in [2.45, 2.75) is 32.4 Å². The Labute approximate surface area is 165 Å². The van der Waals surface area contributed by atoms with E-state index in [1.54, 1.807) is 4.90 Å². The molecule has 1 aromatic heterocycles. The van der Waals surface area contributed by atoms with Crippen molar-refractivity contribution in [3.63, 3.8) is 0 Å². The van der Waals surface area contributed by atoms with Crippen molar-refractivity contribution in [3.05, 3.63) is 65.0 Å². The molecule has 0 radical (unpaired) electrons. The van der Waals surface area contributed by atoms with Gasteiger partial charge in [-0.25, -0.2) is 0 Å². The van der Waals surface area contributed by atoms with Crippen LogP contribution in [0.2, 0.25) is 0 Å². The molecule has 0 saturated carbocycles. The van der Waals surface area contributed by atoms with Crippen LogP contribution in [0.4, 0.5) is 18.9 Å². The summed E-state index contributed by atoms with van der Waals surface area (Å²) in [5, 5.41) is 3.83. The van der Waals surface area contributed by atoms with E-state index in [0.29, 0.717) is 6.54 Å². The summed E-state index contributed by atoms with van der Waals surface area (Å²) in [4.78, 5) is 18.5. The summed E-state index contributed by atoms with van der Waals surface area (Å²) in [5.74, 6) is -0.0423. The molecule has 1 atom stereocenters. The van der Waals surface area contributed by atoms with E-state index in [4.69, 9.17) is 4.52 Å². The summed E-state index contributed by atoms with van der Waals surface area (Å²) in [6, 6.07) is 10.7. The van der Waals surface area contributed by atoms with Crippen molar-refractivity contribution in [2.24, 2.45) is 0 Å². The van der Waals surface area contributed by atoms with Gasteiger partial charge in [0.1, 0.15) is 0 Å². The van der Waals surface area contributed by atoms with Gasteiger partial charge in [-0.15, -0.1) is 0 Å². The molecule has 29 heavy (non-hydrogen) atoms. The Kier molecular flexibility index (Phi) is 4.64. The fourth-order valence-electron chi connectivity index (χ4n) is 3.47. The highest BCUT2D eigenvalue weighted by atomic mass is 19.4. The zero-order valence-corrected chi connectivity index (χ0v) is 15.8. The minimum atomic E-state index is -4.45. The van der Waals surface area contributed by atoms with Crippen LogP contribution in [-0.4, -0.2) is 22.6 Å². The van der Waals surface area contributed by atoms with Gasteiger partial charge in [-0.2, -0.15) is 18.2 Å². The molecule has 3 aromatic rings. The van der Waals surface area contributed by atoms with E-state index in [0.717, 1.165) is 28.9 Å². The molecule has 1 aliphatic heterocycles. The van der Waals surface area contributed by atoms with Gasteiger partial charge >= 0.3 is 6.18 Å². The number of hydrogen-bond donors (Lipinski definition) is 0. The van der Waals surface area contributed by atoms with Gasteiger partial charge in [-0.3, -0.25) is 4.79 Å². The zero-order valence-electron chi connectivity index (χ0n) is 15.8. The van der Waals surface area contributed by atoms with Crippen molar-refractivity contribution in [2.75, 3.05) is 11.4 Å². The number of aryl methyl sites for hydroxylation is 2. The van der Waals surface area contributed by atoms with Crippen LogP contribution in [0.5, 0.6) is 0 Å². The van der Waals surface area contributed by atoms with Gasteiger partial charge in [0, 0.05) is 24.2 Å². The highest BCUT2D eigenvalue weighted by Gasteiger charge is 2.36. The van der Waals surface area contributed by atoms with Crippen LogP contribution in [0, 0.1) is 13.8 Å². The topological polar surface area (TPSA) is 59.2 Å². The molecule has 2 aromatic carbocycles. The van der Waals surface area contributed by atoms with Crippen LogP contribution in [-0.2, 0) is 11.0 Å². The Bertz CT molecular complexity index is 1080. The number of halogens is 3. The van der Waals surface area contributed by atoms with E-state index in [-0.39, 0.29) is 35.5 Å². The SMILES string of the molecule is Cc1ccc(C)c(N2CC(c3nc(-c4cccc(C(F)(F)F)c4)no3)CC2=O)c1. The molecular weight excluding hydrogens is 383 g/mol. The monoisotopic (exact) mass is 401 g/mol. The van der Waals surface area contributed by atoms with E-state index < -0.39 is 11.7 Å². The number of amides is 1. The molecule has 1 amide bonds. The minimum Gasteiger partial charge on any atom is -0.339 e. The van der Waals surface area contributed by atoms with Crippen molar-refractivity contribution >= 4 is 11.6 Å². The van der Waals surface area contributed by atoms with Crippen molar-refractivity contribution in [3.8, 4) is 11.4 Å². The molecule has 1 unspecified atom stereocenters. The molecule has 1 fully saturated rings. The standard InChI is InChI=1S/C21H18F3N3O2/c1-12-6-7-13(2)17(8-12)27-11-15(10-18(27)28)20-25-19(26-29-20)14-4-3-5-16(9-14)21(22,23)24/h3-9,15H,10-11H2,1-2H3. The maximum absolute atomic E-state index is 12.9. The highest BCUT2D eigenvalue weighted by Crippen LogP contribution is 2.35. The first-order valence-corrected chi connectivity index (χ1v) is 9.11. The second-order valence-corrected chi connectivity index (χ2v) is 7.23. The van der Waals surface area contributed by atoms with Gasteiger partial charge in [0.15, 0.2) is 0 Å². The molecule has 8 heteroatoms.